The van der Waals surface area contributed by atoms with E-state index in [4.69, 9.17) is 0 Å². The molecule has 3 heterocycles. The Kier molecular flexibility index (Phi) is 3.78. The molecule has 5 rings (SSSR count). The van der Waals surface area contributed by atoms with Crippen molar-refractivity contribution in [1.82, 2.24) is 9.88 Å². The molecule has 1 N–H and O–H groups in total. The number of amides is 2. The number of nitrogens with one attached hydrogen (secondary N) is 1. The lowest BCUT2D eigenvalue weighted by atomic mass is 9.73. The van der Waals surface area contributed by atoms with Gasteiger partial charge in [-0.15, -0.1) is 0 Å². The van der Waals surface area contributed by atoms with Gasteiger partial charge in [0, 0.05) is 30.5 Å². The highest BCUT2D eigenvalue weighted by molar-refractivity contribution is 6.07. The van der Waals surface area contributed by atoms with Crippen LogP contribution in [-0.4, -0.2) is 28.2 Å². The largest absolute Gasteiger partial charge is 0.334 e. The second-order valence-corrected chi connectivity index (χ2v) is 7.92. The zero-order valence-electron chi connectivity index (χ0n) is 15.2. The van der Waals surface area contributed by atoms with E-state index in [0.29, 0.717) is 13.0 Å². The number of fused-ring (bicyclic) bond motifs is 2. The number of carbonyl (C=O) groups excluding carboxylic acids is 2. The summed E-state index contributed by atoms with van der Waals surface area (Å²) in [4.78, 5) is 32.9. The normalized spacial score (nSPS) is 27.2. The molecule has 138 valence electrons. The van der Waals surface area contributed by atoms with E-state index in [1.54, 1.807) is 12.4 Å². The van der Waals surface area contributed by atoms with Crippen LogP contribution in [0.3, 0.4) is 0 Å². The fourth-order valence-corrected chi connectivity index (χ4v) is 5.33. The Morgan fingerprint density at radius 1 is 1.15 bits per heavy atom. The highest BCUT2D eigenvalue weighted by atomic mass is 16.2. The van der Waals surface area contributed by atoms with Crippen LogP contribution in [0, 0.1) is 5.92 Å². The number of rotatable bonds is 2. The topological polar surface area (TPSA) is 62.3 Å². The summed E-state index contributed by atoms with van der Waals surface area (Å²) in [5.41, 5.74) is 2.08. The minimum absolute atomic E-state index is 0.000671. The zero-order chi connectivity index (χ0) is 18.4. The molecule has 2 aromatic rings. The Morgan fingerprint density at radius 2 is 1.96 bits per heavy atom. The standard InChI is InChI=1S/C22H23N3O2/c26-20(15-6-1-2-7-15)25-13-11-22(19(25)16-8-5-12-23-14-16)17-9-3-4-10-18(17)24-21(22)27/h3-5,8-10,12,14-15,19H,1-2,6-7,11,13H2,(H,24,27). The average Bonchev–Trinajstić information content (AvgIpc) is 3.42. The second kappa shape index (κ2) is 6.19. The molecule has 0 radical (unpaired) electrons. The van der Waals surface area contributed by atoms with Gasteiger partial charge in [0.1, 0.15) is 5.41 Å². The quantitative estimate of drug-likeness (QED) is 0.891. The van der Waals surface area contributed by atoms with Gasteiger partial charge < -0.3 is 10.2 Å². The van der Waals surface area contributed by atoms with Crippen molar-refractivity contribution in [2.75, 3.05) is 11.9 Å². The molecule has 2 fully saturated rings. The maximum atomic E-state index is 13.4. The lowest BCUT2D eigenvalue weighted by Crippen LogP contribution is -2.44. The monoisotopic (exact) mass is 361 g/mol. The minimum Gasteiger partial charge on any atom is -0.334 e. The fraction of sp³-hybridized carbons (Fsp3) is 0.409. The Labute approximate surface area is 158 Å². The van der Waals surface area contributed by atoms with E-state index >= 15 is 0 Å². The van der Waals surface area contributed by atoms with Gasteiger partial charge >= 0.3 is 0 Å². The zero-order valence-corrected chi connectivity index (χ0v) is 15.2. The van der Waals surface area contributed by atoms with Crippen LogP contribution in [-0.2, 0) is 15.0 Å². The van der Waals surface area contributed by atoms with Gasteiger partial charge in [-0.05, 0) is 42.5 Å². The van der Waals surface area contributed by atoms with E-state index in [-0.39, 0.29) is 23.8 Å². The first-order chi connectivity index (χ1) is 13.2. The number of anilines is 1. The molecule has 1 aliphatic carbocycles. The molecule has 1 aromatic heterocycles. The van der Waals surface area contributed by atoms with Gasteiger partial charge in [0.2, 0.25) is 11.8 Å². The number of hydrogen-bond donors (Lipinski definition) is 1. The SMILES string of the molecule is O=C(C1CCCC1)N1CCC2(C(=O)Nc3ccccc32)C1c1cccnc1. The number of likely N-dealkylation sites (tertiary alicyclic amines) is 1. The Balaban J connectivity index is 1.64. The molecule has 1 saturated carbocycles. The number of benzene rings is 1. The average molecular weight is 361 g/mol. The molecule has 2 unspecified atom stereocenters. The fourth-order valence-electron chi connectivity index (χ4n) is 5.33. The van der Waals surface area contributed by atoms with Crippen LogP contribution < -0.4 is 5.32 Å². The van der Waals surface area contributed by atoms with Gasteiger partial charge in [0.05, 0.1) is 6.04 Å². The number of pyridine rings is 1. The molecule has 3 aliphatic rings. The van der Waals surface area contributed by atoms with Crippen molar-refractivity contribution in [3.63, 3.8) is 0 Å². The van der Waals surface area contributed by atoms with Crippen molar-refractivity contribution >= 4 is 17.5 Å². The van der Waals surface area contributed by atoms with Gasteiger partial charge in [-0.1, -0.05) is 37.1 Å². The van der Waals surface area contributed by atoms with Crippen molar-refractivity contribution in [3.8, 4) is 0 Å². The predicted molar refractivity (Wildman–Crippen MR) is 102 cm³/mol. The molecule has 1 saturated heterocycles. The van der Waals surface area contributed by atoms with Crippen LogP contribution in [0.5, 0.6) is 0 Å². The third kappa shape index (κ3) is 2.34. The third-order valence-corrected chi connectivity index (χ3v) is 6.57. The number of aromatic nitrogens is 1. The van der Waals surface area contributed by atoms with Gasteiger partial charge in [-0.3, -0.25) is 14.6 Å². The molecular weight excluding hydrogens is 338 g/mol. The molecule has 2 aliphatic heterocycles. The maximum Gasteiger partial charge on any atom is 0.237 e. The summed E-state index contributed by atoms with van der Waals surface area (Å²) in [5.74, 6) is 0.300. The number of nitrogens with zero attached hydrogens (tertiary/aromatic N) is 2. The van der Waals surface area contributed by atoms with Crippen molar-refractivity contribution in [3.05, 3.63) is 59.9 Å². The number of carbonyl (C=O) groups is 2. The van der Waals surface area contributed by atoms with E-state index in [9.17, 15) is 9.59 Å². The predicted octanol–water partition coefficient (Wildman–Crippen LogP) is 3.44. The van der Waals surface area contributed by atoms with Crippen molar-refractivity contribution in [2.24, 2.45) is 5.92 Å². The summed E-state index contributed by atoms with van der Waals surface area (Å²) in [5, 5.41) is 3.06. The molecule has 27 heavy (non-hydrogen) atoms. The molecule has 1 aromatic carbocycles. The first-order valence-electron chi connectivity index (χ1n) is 9.83. The van der Waals surface area contributed by atoms with Crippen LogP contribution in [0.15, 0.2) is 48.8 Å². The highest BCUT2D eigenvalue weighted by Gasteiger charge is 2.59. The van der Waals surface area contributed by atoms with E-state index in [2.05, 4.69) is 10.3 Å². The van der Waals surface area contributed by atoms with Crippen LogP contribution in [0.4, 0.5) is 5.69 Å². The summed E-state index contributed by atoms with van der Waals surface area (Å²) in [7, 11) is 0. The first kappa shape index (κ1) is 16.5. The van der Waals surface area contributed by atoms with Crippen molar-refractivity contribution in [1.29, 1.82) is 0 Å². The molecule has 2 atom stereocenters. The first-order valence-corrected chi connectivity index (χ1v) is 9.83. The Hall–Kier alpha value is -2.69. The van der Waals surface area contributed by atoms with Gasteiger partial charge in [0.25, 0.3) is 0 Å². The smallest absolute Gasteiger partial charge is 0.237 e. The van der Waals surface area contributed by atoms with Crippen LogP contribution in [0.1, 0.15) is 49.3 Å². The molecule has 2 amide bonds. The van der Waals surface area contributed by atoms with Crippen molar-refractivity contribution in [2.45, 2.75) is 43.6 Å². The molecule has 1 spiro atoms. The van der Waals surface area contributed by atoms with E-state index in [1.807, 2.05) is 41.3 Å². The van der Waals surface area contributed by atoms with Gasteiger partial charge in [-0.25, -0.2) is 0 Å². The van der Waals surface area contributed by atoms with E-state index in [1.165, 1.54) is 0 Å². The van der Waals surface area contributed by atoms with E-state index in [0.717, 1.165) is 42.5 Å². The Morgan fingerprint density at radius 3 is 2.74 bits per heavy atom. The summed E-state index contributed by atoms with van der Waals surface area (Å²) in [6, 6.07) is 11.5. The van der Waals surface area contributed by atoms with Crippen LogP contribution >= 0.6 is 0 Å². The third-order valence-electron chi connectivity index (χ3n) is 6.57. The summed E-state index contributed by atoms with van der Waals surface area (Å²) in [6.07, 6.45) is 8.36. The van der Waals surface area contributed by atoms with Gasteiger partial charge in [0.15, 0.2) is 0 Å². The van der Waals surface area contributed by atoms with Gasteiger partial charge in [-0.2, -0.15) is 0 Å². The molecular formula is C22H23N3O2. The van der Waals surface area contributed by atoms with Crippen LogP contribution in [0.2, 0.25) is 0 Å². The lowest BCUT2D eigenvalue weighted by molar-refractivity contribution is -0.137. The van der Waals surface area contributed by atoms with Crippen LogP contribution in [0.25, 0.3) is 0 Å². The maximum absolute atomic E-state index is 13.4. The Bertz CT molecular complexity index is 891. The number of para-hydroxylation sites is 1. The lowest BCUT2D eigenvalue weighted by Gasteiger charge is -2.35. The van der Waals surface area contributed by atoms with Crippen molar-refractivity contribution < 1.29 is 9.59 Å². The molecule has 0 bridgehead atoms. The number of hydrogen-bond acceptors (Lipinski definition) is 3. The summed E-state index contributed by atoms with van der Waals surface area (Å²) in [6.45, 7) is 0.608. The highest BCUT2D eigenvalue weighted by Crippen LogP contribution is 2.55. The molecule has 5 nitrogen and oxygen atoms in total. The minimum atomic E-state index is -0.728. The summed E-state index contributed by atoms with van der Waals surface area (Å²) < 4.78 is 0. The summed E-state index contributed by atoms with van der Waals surface area (Å²) >= 11 is 0. The molecule has 5 heteroatoms. The second-order valence-electron chi connectivity index (χ2n) is 7.92. The van der Waals surface area contributed by atoms with E-state index < -0.39 is 5.41 Å².